The third kappa shape index (κ3) is 3.84. The van der Waals surface area contributed by atoms with Crippen LogP contribution in [0.2, 0.25) is 0 Å². The molecule has 0 aromatic heterocycles. The van der Waals surface area contributed by atoms with Crippen molar-refractivity contribution in [1.82, 2.24) is 14.5 Å². The molecular weight excluding hydrogens is 403 g/mol. The van der Waals surface area contributed by atoms with Crippen molar-refractivity contribution in [3.63, 3.8) is 0 Å². The predicted octanol–water partition coefficient (Wildman–Crippen LogP) is 0.353. The number of benzene rings is 1. The number of nitrogens with one attached hydrogen (secondary N) is 1. The summed E-state index contributed by atoms with van der Waals surface area (Å²) in [7, 11) is -4.32. The monoisotopic (exact) mass is 421 g/mol. The summed E-state index contributed by atoms with van der Waals surface area (Å²) in [4.78, 5) is 24.7. The number of carboxylic acids is 1. The Bertz CT molecular complexity index is 873. The van der Waals surface area contributed by atoms with Gasteiger partial charge < -0.3 is 10.4 Å². The molecule has 2 heterocycles. The lowest BCUT2D eigenvalue weighted by atomic mass is 10.1. The number of amides is 1. The van der Waals surface area contributed by atoms with Gasteiger partial charge >= 0.3 is 12.1 Å². The van der Waals surface area contributed by atoms with Gasteiger partial charge in [0, 0.05) is 26.2 Å². The summed E-state index contributed by atoms with van der Waals surface area (Å²) in [5.41, 5.74) is -1.00. The molecule has 2 fully saturated rings. The minimum absolute atomic E-state index is 0.141. The highest BCUT2D eigenvalue weighted by Gasteiger charge is 2.43. The highest BCUT2D eigenvalue weighted by atomic mass is 32.2. The fourth-order valence-corrected chi connectivity index (χ4v) is 5.00. The van der Waals surface area contributed by atoms with Gasteiger partial charge in [-0.25, -0.2) is 8.42 Å². The molecule has 0 bridgehead atoms. The predicted molar refractivity (Wildman–Crippen MR) is 89.7 cm³/mol. The lowest BCUT2D eigenvalue weighted by molar-refractivity contribution is -0.144. The minimum Gasteiger partial charge on any atom is -0.480 e. The Morgan fingerprint density at radius 1 is 1.18 bits per heavy atom. The summed E-state index contributed by atoms with van der Waals surface area (Å²) in [5.74, 6) is -1.62. The molecule has 2 aliphatic heterocycles. The smallest absolute Gasteiger partial charge is 0.416 e. The van der Waals surface area contributed by atoms with Crippen molar-refractivity contribution in [3.05, 3.63) is 29.8 Å². The molecule has 1 aromatic carbocycles. The van der Waals surface area contributed by atoms with Crippen molar-refractivity contribution in [2.24, 2.45) is 0 Å². The lowest BCUT2D eigenvalue weighted by Gasteiger charge is -2.40. The van der Waals surface area contributed by atoms with Crippen LogP contribution in [0.15, 0.2) is 29.2 Å². The second kappa shape index (κ2) is 7.33. The summed E-state index contributed by atoms with van der Waals surface area (Å²) in [6.45, 7) is 0.227. The Morgan fingerprint density at radius 3 is 2.32 bits per heavy atom. The van der Waals surface area contributed by atoms with Crippen LogP contribution < -0.4 is 5.32 Å². The number of piperazine rings is 1. The number of alkyl halides is 3. The van der Waals surface area contributed by atoms with E-state index in [1.807, 2.05) is 0 Å². The molecule has 2 N–H and O–H groups in total. The zero-order valence-electron chi connectivity index (χ0n) is 14.5. The Hall–Kier alpha value is -2.18. The molecule has 8 nitrogen and oxygen atoms in total. The molecule has 2 aliphatic rings. The molecule has 2 atom stereocenters. The van der Waals surface area contributed by atoms with Crippen LogP contribution in [0.3, 0.4) is 0 Å². The number of carbonyl (C=O) groups is 2. The second-order valence-electron chi connectivity index (χ2n) is 6.58. The molecule has 0 radical (unpaired) electrons. The van der Waals surface area contributed by atoms with Crippen LogP contribution in [0.25, 0.3) is 0 Å². The highest BCUT2D eigenvalue weighted by Crippen LogP contribution is 2.31. The number of rotatable bonds is 4. The molecule has 1 amide bonds. The number of hydrogen-bond donors (Lipinski definition) is 2. The minimum atomic E-state index is -4.61. The first-order valence-electron chi connectivity index (χ1n) is 8.45. The van der Waals surface area contributed by atoms with E-state index in [0.29, 0.717) is 25.1 Å². The Kier molecular flexibility index (Phi) is 5.38. The molecule has 12 heteroatoms. The molecule has 3 rings (SSSR count). The number of nitrogens with zero attached hydrogens (tertiary/aromatic N) is 2. The van der Waals surface area contributed by atoms with E-state index in [2.05, 4.69) is 5.32 Å². The molecule has 1 aromatic rings. The highest BCUT2D eigenvalue weighted by molar-refractivity contribution is 7.89. The first-order chi connectivity index (χ1) is 13.0. The maximum atomic E-state index is 12.8. The molecule has 0 aliphatic carbocycles. The first kappa shape index (κ1) is 20.6. The van der Waals surface area contributed by atoms with Crippen LogP contribution >= 0.6 is 0 Å². The standard InChI is InChI=1S/C16H18F3N3O5S/c17-16(18,19)10-1-3-11(4-2-10)28(26,27)22-8-7-21(9-13(22)15(24)25)12-5-6-20-14(12)23/h1-4,12-13H,5-9H2,(H,20,23)(H,24,25)/t12?,13-/m1/s1. The molecule has 0 spiro atoms. The average Bonchev–Trinajstić information content (AvgIpc) is 3.06. The number of hydrogen-bond acceptors (Lipinski definition) is 5. The van der Waals surface area contributed by atoms with Gasteiger partial charge in [-0.1, -0.05) is 0 Å². The van der Waals surface area contributed by atoms with Gasteiger partial charge in [0.05, 0.1) is 16.5 Å². The van der Waals surface area contributed by atoms with Crippen LogP contribution in [0, 0.1) is 0 Å². The van der Waals surface area contributed by atoms with E-state index in [-0.39, 0.29) is 25.5 Å². The van der Waals surface area contributed by atoms with Crippen molar-refractivity contribution in [2.45, 2.75) is 29.6 Å². The summed E-state index contributed by atoms with van der Waals surface area (Å²) < 4.78 is 64.5. The molecular formula is C16H18F3N3O5S. The van der Waals surface area contributed by atoms with Gasteiger partial charge in [-0.15, -0.1) is 0 Å². The largest absolute Gasteiger partial charge is 0.480 e. The van der Waals surface area contributed by atoms with Gasteiger partial charge in [0.15, 0.2) is 0 Å². The lowest BCUT2D eigenvalue weighted by Crippen LogP contribution is -2.60. The van der Waals surface area contributed by atoms with Gasteiger partial charge in [-0.05, 0) is 30.7 Å². The van der Waals surface area contributed by atoms with Crippen LogP contribution in [-0.4, -0.2) is 72.9 Å². The number of sulfonamides is 1. The number of carbonyl (C=O) groups excluding carboxylic acids is 1. The quantitative estimate of drug-likeness (QED) is 0.727. The second-order valence-corrected chi connectivity index (χ2v) is 8.47. The Morgan fingerprint density at radius 2 is 1.82 bits per heavy atom. The van der Waals surface area contributed by atoms with Crippen molar-refractivity contribution in [3.8, 4) is 0 Å². The van der Waals surface area contributed by atoms with E-state index in [1.54, 1.807) is 4.90 Å². The fourth-order valence-electron chi connectivity index (χ4n) is 3.44. The summed E-state index contributed by atoms with van der Waals surface area (Å²) in [5, 5.41) is 12.2. The van der Waals surface area contributed by atoms with Gasteiger partial charge in [0.1, 0.15) is 6.04 Å². The van der Waals surface area contributed by atoms with Crippen molar-refractivity contribution in [1.29, 1.82) is 0 Å². The number of carboxylic acid groups (broad SMARTS) is 1. The fraction of sp³-hybridized carbons (Fsp3) is 0.500. The average molecular weight is 421 g/mol. The normalized spacial score (nSPS) is 24.9. The van der Waals surface area contributed by atoms with Crippen LogP contribution in [0.1, 0.15) is 12.0 Å². The Labute approximate surface area is 159 Å². The zero-order valence-corrected chi connectivity index (χ0v) is 15.3. The molecule has 1 unspecified atom stereocenters. The van der Waals surface area contributed by atoms with Crippen LogP contribution in [0.5, 0.6) is 0 Å². The van der Waals surface area contributed by atoms with Gasteiger partial charge in [0.2, 0.25) is 15.9 Å². The van der Waals surface area contributed by atoms with E-state index in [9.17, 15) is 36.3 Å². The Balaban J connectivity index is 1.84. The number of aliphatic carboxylic acids is 1. The zero-order chi connectivity index (χ0) is 20.7. The van der Waals surface area contributed by atoms with Crippen molar-refractivity contribution in [2.75, 3.05) is 26.2 Å². The SMILES string of the molecule is O=C1NCCC1N1CCN(S(=O)(=O)c2ccc(C(F)(F)F)cc2)[C@@H](C(=O)O)C1. The maximum Gasteiger partial charge on any atom is 0.416 e. The maximum absolute atomic E-state index is 12.8. The molecule has 154 valence electrons. The van der Waals surface area contributed by atoms with E-state index in [1.165, 1.54) is 0 Å². The van der Waals surface area contributed by atoms with E-state index < -0.39 is 44.7 Å². The van der Waals surface area contributed by atoms with Gasteiger partial charge in [-0.2, -0.15) is 17.5 Å². The van der Waals surface area contributed by atoms with Gasteiger partial charge in [0.25, 0.3) is 0 Å². The van der Waals surface area contributed by atoms with E-state index in [0.717, 1.165) is 16.4 Å². The van der Waals surface area contributed by atoms with Crippen LogP contribution in [0.4, 0.5) is 13.2 Å². The topological polar surface area (TPSA) is 107 Å². The third-order valence-corrected chi connectivity index (χ3v) is 6.82. The summed E-state index contributed by atoms with van der Waals surface area (Å²) >= 11 is 0. The van der Waals surface area contributed by atoms with E-state index >= 15 is 0 Å². The molecule has 2 saturated heterocycles. The first-order valence-corrected chi connectivity index (χ1v) is 9.89. The summed E-state index contributed by atoms with van der Waals surface area (Å²) in [6.07, 6.45) is -4.11. The third-order valence-electron chi connectivity index (χ3n) is 4.90. The van der Waals surface area contributed by atoms with E-state index in [4.69, 9.17) is 0 Å². The van der Waals surface area contributed by atoms with Crippen LogP contribution in [-0.2, 0) is 25.8 Å². The van der Waals surface area contributed by atoms with Crippen molar-refractivity contribution < 1.29 is 36.3 Å². The van der Waals surface area contributed by atoms with Gasteiger partial charge in [-0.3, -0.25) is 14.5 Å². The number of halogens is 3. The summed E-state index contributed by atoms with van der Waals surface area (Å²) in [6, 6.07) is 0.942. The van der Waals surface area contributed by atoms with Crippen molar-refractivity contribution >= 4 is 21.9 Å². The molecule has 0 saturated carbocycles. The molecule has 28 heavy (non-hydrogen) atoms.